The maximum Gasteiger partial charge on any atom is 0.338 e. The first-order valence-electron chi connectivity index (χ1n) is 4.66. The van der Waals surface area contributed by atoms with E-state index in [1.54, 1.807) is 0 Å². The molecule has 16 heavy (non-hydrogen) atoms. The summed E-state index contributed by atoms with van der Waals surface area (Å²) in [6.07, 6.45) is 0.661. The van der Waals surface area contributed by atoms with Gasteiger partial charge in [0.2, 0.25) is 0 Å². The summed E-state index contributed by atoms with van der Waals surface area (Å²) in [5, 5.41) is 20.9. The highest BCUT2D eigenvalue weighted by Crippen LogP contribution is 2.36. The Balaban J connectivity index is 3.01. The number of nitrogens with zero attached hydrogens (tertiary/aromatic N) is 1. The van der Waals surface area contributed by atoms with Gasteiger partial charge in [-0.25, -0.2) is 4.79 Å². The molecule has 0 bridgehead atoms. The summed E-state index contributed by atoms with van der Waals surface area (Å²) in [5.74, 6) is -1.91. The minimum atomic E-state index is -0.679. The van der Waals surface area contributed by atoms with Crippen molar-refractivity contribution in [2.75, 3.05) is 6.61 Å². The van der Waals surface area contributed by atoms with E-state index in [1.807, 2.05) is 6.92 Å². The van der Waals surface area contributed by atoms with Gasteiger partial charge in [0.25, 0.3) is 0 Å². The van der Waals surface area contributed by atoms with Crippen molar-refractivity contribution in [3.05, 3.63) is 22.6 Å². The molecule has 0 atom stereocenters. The van der Waals surface area contributed by atoms with Crippen molar-refractivity contribution in [1.82, 2.24) is 0 Å². The lowest BCUT2D eigenvalue weighted by atomic mass is 10.1. The molecule has 1 aromatic rings. The molecular weight excluding hydrogens is 214 g/mol. The number of ether oxygens (including phenoxy) is 1. The number of phenolic OH excluding ortho intramolecular Hbond substituents is 2. The van der Waals surface area contributed by atoms with Gasteiger partial charge in [-0.2, -0.15) is 0 Å². The number of esters is 1. The third-order valence-electron chi connectivity index (χ3n) is 1.84. The van der Waals surface area contributed by atoms with E-state index < -0.39 is 23.2 Å². The zero-order chi connectivity index (χ0) is 12.1. The van der Waals surface area contributed by atoms with E-state index in [0.717, 1.165) is 12.1 Å². The average molecular weight is 225 g/mol. The smallest absolute Gasteiger partial charge is 0.338 e. The quantitative estimate of drug-likeness (QED) is 0.464. The van der Waals surface area contributed by atoms with Crippen molar-refractivity contribution in [1.29, 1.82) is 0 Å². The highest BCUT2D eigenvalue weighted by atomic mass is 16.5. The summed E-state index contributed by atoms with van der Waals surface area (Å²) in [5.41, 5.74) is -0.429. The van der Waals surface area contributed by atoms with Gasteiger partial charge in [0.05, 0.1) is 12.2 Å². The predicted octanol–water partition coefficient (Wildman–Crippen LogP) is 2.06. The first-order chi connectivity index (χ1) is 7.60. The lowest BCUT2D eigenvalue weighted by Crippen LogP contribution is -2.05. The van der Waals surface area contributed by atoms with Gasteiger partial charge in [0, 0.05) is 0 Å². The number of phenols is 2. The molecule has 0 unspecified atom stereocenters. The Morgan fingerprint density at radius 2 is 2.12 bits per heavy atom. The maximum absolute atomic E-state index is 11.4. The molecule has 86 valence electrons. The second-order valence-corrected chi connectivity index (χ2v) is 3.09. The number of carbonyl (C=O) groups is 1. The Kier molecular flexibility index (Phi) is 3.82. The molecule has 0 fully saturated rings. The predicted molar refractivity (Wildman–Crippen MR) is 55.8 cm³/mol. The maximum atomic E-state index is 11.4. The van der Waals surface area contributed by atoms with Crippen LogP contribution in [0.2, 0.25) is 0 Å². The Bertz CT molecular complexity index is 416. The zero-order valence-corrected chi connectivity index (χ0v) is 8.64. The molecule has 0 spiro atoms. The molecule has 0 aliphatic heterocycles. The molecule has 0 amide bonds. The fraction of sp³-hybridized carbons (Fsp3) is 0.300. The first-order valence-corrected chi connectivity index (χ1v) is 4.66. The number of hydrogen-bond acceptors (Lipinski definition) is 6. The normalized spacial score (nSPS) is 9.81. The van der Waals surface area contributed by atoms with Crippen molar-refractivity contribution < 1.29 is 19.7 Å². The Hall–Kier alpha value is -2.11. The average Bonchev–Trinajstić information content (AvgIpc) is 2.29. The summed E-state index contributed by atoms with van der Waals surface area (Å²) < 4.78 is 4.80. The second-order valence-electron chi connectivity index (χ2n) is 3.09. The van der Waals surface area contributed by atoms with Crippen molar-refractivity contribution in [3.63, 3.8) is 0 Å². The van der Waals surface area contributed by atoms with Crippen LogP contribution < -0.4 is 0 Å². The van der Waals surface area contributed by atoms with E-state index in [0.29, 0.717) is 6.42 Å². The summed E-state index contributed by atoms with van der Waals surface area (Å²) in [7, 11) is 0. The summed E-state index contributed by atoms with van der Waals surface area (Å²) in [6, 6.07) is 2.07. The van der Waals surface area contributed by atoms with Gasteiger partial charge in [-0.3, -0.25) is 0 Å². The van der Waals surface area contributed by atoms with E-state index in [2.05, 4.69) is 5.18 Å². The fourth-order valence-corrected chi connectivity index (χ4v) is 1.07. The monoisotopic (exact) mass is 225 g/mol. The van der Waals surface area contributed by atoms with Gasteiger partial charge in [-0.1, -0.05) is 6.92 Å². The van der Waals surface area contributed by atoms with Crippen LogP contribution in [0.4, 0.5) is 5.69 Å². The molecule has 0 radical (unpaired) electrons. The molecule has 0 aromatic heterocycles. The van der Waals surface area contributed by atoms with Crippen LogP contribution in [0.1, 0.15) is 23.7 Å². The summed E-state index contributed by atoms with van der Waals surface area (Å²) in [4.78, 5) is 21.7. The molecule has 0 saturated carbocycles. The lowest BCUT2D eigenvalue weighted by molar-refractivity contribution is 0.0504. The SMILES string of the molecule is CCCOC(=O)c1cc(O)c(O)c(N=O)c1. The molecule has 0 heterocycles. The van der Waals surface area contributed by atoms with Crippen LogP contribution in [0.15, 0.2) is 17.3 Å². The van der Waals surface area contributed by atoms with E-state index >= 15 is 0 Å². The standard InChI is InChI=1S/C10H11NO5/c1-2-3-16-10(14)6-4-7(11-15)9(13)8(12)5-6/h4-5,12-13H,2-3H2,1H3. The number of nitroso groups, excluding NO2 is 1. The number of benzene rings is 1. The lowest BCUT2D eigenvalue weighted by Gasteiger charge is -2.05. The van der Waals surface area contributed by atoms with E-state index in [9.17, 15) is 19.9 Å². The largest absolute Gasteiger partial charge is 0.504 e. The summed E-state index contributed by atoms with van der Waals surface area (Å²) >= 11 is 0. The van der Waals surface area contributed by atoms with Crippen LogP contribution in [0.25, 0.3) is 0 Å². The van der Waals surface area contributed by atoms with Gasteiger partial charge in [0.1, 0.15) is 0 Å². The van der Waals surface area contributed by atoms with Crippen LogP contribution in [0.5, 0.6) is 11.5 Å². The first kappa shape index (κ1) is 12.0. The topological polar surface area (TPSA) is 96.2 Å². The van der Waals surface area contributed by atoms with Gasteiger partial charge in [-0.15, -0.1) is 4.91 Å². The number of carbonyl (C=O) groups excluding carboxylic acids is 1. The second kappa shape index (κ2) is 5.11. The van der Waals surface area contributed by atoms with Crippen LogP contribution in [-0.4, -0.2) is 22.8 Å². The van der Waals surface area contributed by atoms with Crippen molar-refractivity contribution in [2.45, 2.75) is 13.3 Å². The van der Waals surface area contributed by atoms with Crippen molar-refractivity contribution >= 4 is 11.7 Å². The van der Waals surface area contributed by atoms with Crippen LogP contribution >= 0.6 is 0 Å². The van der Waals surface area contributed by atoms with Crippen molar-refractivity contribution in [2.24, 2.45) is 5.18 Å². The van der Waals surface area contributed by atoms with E-state index in [4.69, 9.17) is 4.74 Å². The minimum absolute atomic E-state index is 0.0293. The number of aromatic hydroxyl groups is 2. The zero-order valence-electron chi connectivity index (χ0n) is 8.64. The summed E-state index contributed by atoms with van der Waals surface area (Å²) in [6.45, 7) is 2.07. The molecule has 0 aliphatic carbocycles. The Morgan fingerprint density at radius 1 is 1.44 bits per heavy atom. The molecule has 2 N–H and O–H groups in total. The van der Waals surface area contributed by atoms with Crippen LogP contribution in [0, 0.1) is 4.91 Å². The molecule has 6 heteroatoms. The van der Waals surface area contributed by atoms with Crippen molar-refractivity contribution in [3.8, 4) is 11.5 Å². The molecule has 1 rings (SSSR count). The third kappa shape index (κ3) is 2.47. The number of hydrogen-bond donors (Lipinski definition) is 2. The van der Waals surface area contributed by atoms with Gasteiger partial charge in [0.15, 0.2) is 17.2 Å². The Labute approximate surface area is 91.4 Å². The fourth-order valence-electron chi connectivity index (χ4n) is 1.07. The van der Waals surface area contributed by atoms with Crippen LogP contribution in [0.3, 0.4) is 0 Å². The highest BCUT2D eigenvalue weighted by Gasteiger charge is 2.15. The van der Waals surface area contributed by atoms with E-state index in [1.165, 1.54) is 0 Å². The van der Waals surface area contributed by atoms with Crippen LogP contribution in [-0.2, 0) is 4.74 Å². The highest BCUT2D eigenvalue weighted by molar-refractivity contribution is 5.91. The van der Waals surface area contributed by atoms with Gasteiger partial charge in [-0.05, 0) is 23.7 Å². The molecule has 1 aromatic carbocycles. The molecule has 0 aliphatic rings. The third-order valence-corrected chi connectivity index (χ3v) is 1.84. The van der Waals surface area contributed by atoms with Gasteiger partial charge >= 0.3 is 5.97 Å². The Morgan fingerprint density at radius 3 is 2.69 bits per heavy atom. The minimum Gasteiger partial charge on any atom is -0.504 e. The molecule has 6 nitrogen and oxygen atoms in total. The number of rotatable bonds is 4. The van der Waals surface area contributed by atoms with Gasteiger partial charge < -0.3 is 14.9 Å². The molecular formula is C10H11NO5. The van der Waals surface area contributed by atoms with E-state index in [-0.39, 0.29) is 12.2 Å². The molecule has 0 saturated heterocycles.